The number of hydrogen-bond acceptors (Lipinski definition) is 2. The minimum Gasteiger partial charge on any atom is -0.408 e. The number of hydrogen-bond donors (Lipinski definition) is 0. The molecule has 1 fully saturated rings. The molecule has 0 bridgehead atoms. The third-order valence-corrected chi connectivity index (χ3v) is 11.4. The maximum atomic E-state index is 7.09. The van der Waals surface area contributed by atoms with E-state index in [0.29, 0.717) is 6.04 Å². The van der Waals surface area contributed by atoms with Gasteiger partial charge >= 0.3 is 0 Å². The Morgan fingerprint density at radius 3 is 2.21 bits per heavy atom. The Hall–Kier alpha value is -0.843. The third-order valence-electron chi connectivity index (χ3n) is 6.49. The molecule has 2 aromatic carbocycles. The Morgan fingerprint density at radius 2 is 1.69 bits per heavy atom. The zero-order valence-electron chi connectivity index (χ0n) is 18.4. The summed E-state index contributed by atoms with van der Waals surface area (Å²) in [5.41, 5.74) is 2.39. The highest BCUT2D eigenvalue weighted by atomic mass is 35.5. The third kappa shape index (κ3) is 5.26. The van der Waals surface area contributed by atoms with E-state index in [1.165, 1.54) is 5.56 Å². The first-order valence-corrected chi connectivity index (χ1v) is 14.1. The molecular formula is C24H33Cl2NOSi. The summed E-state index contributed by atoms with van der Waals surface area (Å²) in [6.45, 7) is 14.9. The second-order valence-electron chi connectivity index (χ2n) is 9.61. The first-order chi connectivity index (χ1) is 13.5. The number of benzene rings is 2. The maximum absolute atomic E-state index is 7.09. The van der Waals surface area contributed by atoms with Crippen LogP contribution in [0.4, 0.5) is 0 Å². The van der Waals surface area contributed by atoms with E-state index in [1.807, 2.05) is 24.3 Å². The molecule has 0 amide bonds. The molecule has 0 saturated carbocycles. The number of halogens is 2. The van der Waals surface area contributed by atoms with Crippen LogP contribution in [0.2, 0.25) is 28.2 Å². The fourth-order valence-corrected chi connectivity index (χ4v) is 5.17. The minimum absolute atomic E-state index is 0.0766. The molecule has 0 aliphatic carbocycles. The Morgan fingerprint density at radius 1 is 1.03 bits per heavy atom. The number of nitrogens with zero attached hydrogens (tertiary/aromatic N) is 1. The van der Waals surface area contributed by atoms with Gasteiger partial charge in [0.2, 0.25) is 0 Å². The molecule has 4 atom stereocenters. The van der Waals surface area contributed by atoms with Crippen LogP contribution in [0.3, 0.4) is 0 Å². The van der Waals surface area contributed by atoms with Crippen LogP contribution in [-0.4, -0.2) is 25.8 Å². The Labute approximate surface area is 187 Å². The molecule has 0 spiro atoms. The molecule has 0 N–H and O–H groups in total. The summed E-state index contributed by atoms with van der Waals surface area (Å²) in [5, 5.41) is 1.63. The molecule has 2 aromatic rings. The molecule has 1 heterocycles. The predicted octanol–water partition coefficient (Wildman–Crippen LogP) is 7.89. The van der Waals surface area contributed by atoms with Crippen LogP contribution >= 0.6 is 23.2 Å². The number of rotatable bonds is 7. The van der Waals surface area contributed by atoms with E-state index in [2.05, 4.69) is 70.0 Å². The summed E-state index contributed by atoms with van der Waals surface area (Å²) in [7, 11) is -2.02. The molecule has 2 nitrogen and oxygen atoms in total. The Bertz CT molecular complexity index is 832. The summed E-state index contributed by atoms with van der Waals surface area (Å²) in [6.07, 6.45) is 1.07. The highest BCUT2D eigenvalue weighted by Gasteiger charge is 2.47. The summed E-state index contributed by atoms with van der Waals surface area (Å²) in [4.78, 5) is 2.56. The van der Waals surface area contributed by atoms with E-state index in [-0.39, 0.29) is 17.2 Å². The van der Waals surface area contributed by atoms with Crippen molar-refractivity contribution >= 4 is 31.5 Å². The SMILES string of the molecule is CCC1C[N@]1[C@H](c1ccc(Cl)cc1)[C@H](O[Si](C)(C)C(C)(C)C)c1cccc(Cl)c1. The first kappa shape index (κ1) is 22.8. The smallest absolute Gasteiger partial charge is 0.193 e. The fourth-order valence-electron chi connectivity index (χ4n) is 3.59. The van der Waals surface area contributed by atoms with Crippen molar-refractivity contribution < 1.29 is 4.43 Å². The largest absolute Gasteiger partial charge is 0.408 e. The average Bonchev–Trinajstić information content (AvgIpc) is 3.41. The second-order valence-corrected chi connectivity index (χ2v) is 15.2. The predicted molar refractivity (Wildman–Crippen MR) is 127 cm³/mol. The molecule has 0 radical (unpaired) electrons. The van der Waals surface area contributed by atoms with Crippen molar-refractivity contribution in [2.75, 3.05) is 6.54 Å². The first-order valence-electron chi connectivity index (χ1n) is 10.5. The monoisotopic (exact) mass is 449 g/mol. The summed E-state index contributed by atoms with van der Waals surface area (Å²) in [6, 6.07) is 17.2. The molecule has 158 valence electrons. The van der Waals surface area contributed by atoms with Gasteiger partial charge in [-0.3, -0.25) is 4.90 Å². The lowest BCUT2D eigenvalue weighted by Gasteiger charge is -2.42. The van der Waals surface area contributed by atoms with Gasteiger partial charge < -0.3 is 4.43 Å². The van der Waals surface area contributed by atoms with E-state index in [0.717, 1.165) is 28.6 Å². The quantitative estimate of drug-likeness (QED) is 0.314. The second kappa shape index (κ2) is 8.72. The molecule has 1 aliphatic rings. The van der Waals surface area contributed by atoms with E-state index >= 15 is 0 Å². The van der Waals surface area contributed by atoms with E-state index in [1.54, 1.807) is 0 Å². The van der Waals surface area contributed by atoms with Crippen molar-refractivity contribution in [3.63, 3.8) is 0 Å². The van der Waals surface area contributed by atoms with Crippen LogP contribution in [0.1, 0.15) is 57.4 Å². The van der Waals surface area contributed by atoms with Crippen LogP contribution in [0, 0.1) is 0 Å². The topological polar surface area (TPSA) is 12.2 Å². The summed E-state index contributed by atoms with van der Waals surface area (Å²) < 4.78 is 7.09. The van der Waals surface area contributed by atoms with Crippen molar-refractivity contribution in [1.82, 2.24) is 4.90 Å². The van der Waals surface area contributed by atoms with Gasteiger partial charge in [-0.1, -0.05) is 75.2 Å². The highest BCUT2D eigenvalue weighted by Crippen LogP contribution is 2.48. The average molecular weight is 451 g/mol. The zero-order chi connectivity index (χ0) is 21.4. The summed E-state index contributed by atoms with van der Waals surface area (Å²) in [5.74, 6) is 0. The van der Waals surface area contributed by atoms with Crippen molar-refractivity contribution in [2.24, 2.45) is 0 Å². The minimum atomic E-state index is -2.02. The van der Waals surface area contributed by atoms with E-state index in [4.69, 9.17) is 27.6 Å². The van der Waals surface area contributed by atoms with Crippen molar-refractivity contribution in [1.29, 1.82) is 0 Å². The lowest BCUT2D eigenvalue weighted by Crippen LogP contribution is -2.43. The Balaban J connectivity index is 2.08. The maximum Gasteiger partial charge on any atom is 0.193 e. The van der Waals surface area contributed by atoms with Crippen molar-refractivity contribution in [3.8, 4) is 0 Å². The lowest BCUT2D eigenvalue weighted by atomic mass is 9.95. The molecule has 1 saturated heterocycles. The zero-order valence-corrected chi connectivity index (χ0v) is 20.9. The molecule has 5 heteroatoms. The molecule has 1 aliphatic heterocycles. The van der Waals surface area contributed by atoms with Gasteiger partial charge in [0.05, 0.1) is 12.1 Å². The van der Waals surface area contributed by atoms with Crippen LogP contribution in [0.25, 0.3) is 0 Å². The molecular weight excluding hydrogens is 417 g/mol. The Kier molecular flexibility index (Phi) is 6.87. The standard InChI is InChI=1S/C24H33Cl2NOSi/c1-7-21-16-27(21)22(17-11-13-19(25)14-12-17)23(18-9-8-10-20(26)15-18)28-29(5,6)24(2,3)4/h8-15,21-23H,7,16H2,1-6H3/t21?,22-,23-,27+/m1/s1. The van der Waals surface area contributed by atoms with Gasteiger partial charge in [-0.15, -0.1) is 0 Å². The van der Waals surface area contributed by atoms with Crippen LogP contribution in [0.5, 0.6) is 0 Å². The van der Waals surface area contributed by atoms with Gasteiger partial charge in [0, 0.05) is 22.6 Å². The molecule has 0 aromatic heterocycles. The van der Waals surface area contributed by atoms with E-state index in [9.17, 15) is 0 Å². The molecule has 3 rings (SSSR count). The fraction of sp³-hybridized carbons (Fsp3) is 0.500. The van der Waals surface area contributed by atoms with Crippen LogP contribution < -0.4 is 0 Å². The van der Waals surface area contributed by atoms with Crippen molar-refractivity contribution in [2.45, 2.75) is 70.4 Å². The van der Waals surface area contributed by atoms with Crippen molar-refractivity contribution in [3.05, 3.63) is 69.7 Å². The van der Waals surface area contributed by atoms with Gasteiger partial charge in [-0.05, 0) is 59.9 Å². The van der Waals surface area contributed by atoms with Gasteiger partial charge in [-0.2, -0.15) is 0 Å². The lowest BCUT2D eigenvalue weighted by molar-refractivity contribution is 0.104. The van der Waals surface area contributed by atoms with E-state index < -0.39 is 8.32 Å². The van der Waals surface area contributed by atoms with Gasteiger partial charge in [0.15, 0.2) is 8.32 Å². The summed E-state index contributed by atoms with van der Waals surface area (Å²) >= 11 is 12.6. The molecule has 29 heavy (non-hydrogen) atoms. The van der Waals surface area contributed by atoms with Crippen LogP contribution in [-0.2, 0) is 4.43 Å². The van der Waals surface area contributed by atoms with Gasteiger partial charge in [0.1, 0.15) is 0 Å². The highest BCUT2D eigenvalue weighted by molar-refractivity contribution is 6.74. The molecule has 1 unspecified atom stereocenters. The van der Waals surface area contributed by atoms with Gasteiger partial charge in [0.25, 0.3) is 0 Å². The normalized spacial score (nSPS) is 21.7. The van der Waals surface area contributed by atoms with Crippen LogP contribution in [0.15, 0.2) is 48.5 Å². The van der Waals surface area contributed by atoms with Gasteiger partial charge in [-0.25, -0.2) is 0 Å².